The lowest BCUT2D eigenvalue weighted by Crippen LogP contribution is -2.24. The van der Waals surface area contributed by atoms with Crippen molar-refractivity contribution >= 4 is 17.0 Å². The summed E-state index contributed by atoms with van der Waals surface area (Å²) < 4.78 is 1.80. The Bertz CT molecular complexity index is 589. The van der Waals surface area contributed by atoms with Gasteiger partial charge in [-0.05, 0) is 32.6 Å². The minimum Gasteiger partial charge on any atom is -0.480 e. The van der Waals surface area contributed by atoms with Crippen LogP contribution in [0.15, 0.2) is 24.3 Å². The van der Waals surface area contributed by atoms with E-state index in [-0.39, 0.29) is 12.6 Å². The summed E-state index contributed by atoms with van der Waals surface area (Å²) in [5.74, 6) is -0.0332. The van der Waals surface area contributed by atoms with Crippen LogP contribution in [0.1, 0.15) is 25.2 Å². The van der Waals surface area contributed by atoms with E-state index >= 15 is 0 Å². The van der Waals surface area contributed by atoms with Gasteiger partial charge in [-0.1, -0.05) is 19.1 Å². The molecule has 0 aliphatic rings. The molecule has 1 aromatic heterocycles. The van der Waals surface area contributed by atoms with Gasteiger partial charge in [0.05, 0.1) is 17.1 Å². The Morgan fingerprint density at radius 2 is 2.11 bits per heavy atom. The summed E-state index contributed by atoms with van der Waals surface area (Å²) in [6.07, 6.45) is 0.885. The number of carboxylic acid groups (broad SMARTS) is 1. The number of aromatic nitrogens is 2. The first-order chi connectivity index (χ1) is 9.04. The smallest absolute Gasteiger partial charge is 0.323 e. The lowest BCUT2D eigenvalue weighted by molar-refractivity contribution is -0.137. The Kier molecular flexibility index (Phi) is 3.85. The second-order valence-corrected chi connectivity index (χ2v) is 4.83. The van der Waals surface area contributed by atoms with E-state index in [0.29, 0.717) is 0 Å². The van der Waals surface area contributed by atoms with E-state index in [9.17, 15) is 4.79 Å². The van der Waals surface area contributed by atoms with Gasteiger partial charge in [-0.15, -0.1) is 0 Å². The molecule has 1 unspecified atom stereocenters. The van der Waals surface area contributed by atoms with Crippen molar-refractivity contribution in [2.45, 2.75) is 25.9 Å². The molecule has 0 aliphatic heterocycles. The van der Waals surface area contributed by atoms with Gasteiger partial charge in [0.25, 0.3) is 0 Å². The molecule has 2 rings (SSSR count). The summed E-state index contributed by atoms with van der Waals surface area (Å²) in [6, 6.07) is 7.77. The molecule has 0 spiro atoms. The predicted molar refractivity (Wildman–Crippen MR) is 74.1 cm³/mol. The molecule has 0 radical (unpaired) electrons. The highest BCUT2D eigenvalue weighted by atomic mass is 16.4. The number of imidazole rings is 1. The van der Waals surface area contributed by atoms with Gasteiger partial charge in [-0.25, -0.2) is 4.98 Å². The number of carbonyl (C=O) groups is 1. The third-order valence-electron chi connectivity index (χ3n) is 3.29. The summed E-state index contributed by atoms with van der Waals surface area (Å²) in [5.41, 5.74) is 1.72. The Labute approximate surface area is 112 Å². The van der Waals surface area contributed by atoms with E-state index < -0.39 is 5.97 Å². The van der Waals surface area contributed by atoms with Crippen molar-refractivity contribution in [3.63, 3.8) is 0 Å². The summed E-state index contributed by atoms with van der Waals surface area (Å²) in [5, 5.41) is 9.10. The Morgan fingerprint density at radius 3 is 2.68 bits per heavy atom. The molecule has 5 heteroatoms. The van der Waals surface area contributed by atoms with Crippen molar-refractivity contribution in [3.05, 3.63) is 30.1 Å². The standard InChI is InChI=1S/C14H19N3O2/c1-4-11(16(2)3)14-15-10-7-5-6-8-12(10)17(14)9-13(18)19/h5-8,11H,4,9H2,1-3H3,(H,18,19). The van der Waals surface area contributed by atoms with Crippen LogP contribution >= 0.6 is 0 Å². The lowest BCUT2D eigenvalue weighted by atomic mass is 10.2. The monoisotopic (exact) mass is 261 g/mol. The van der Waals surface area contributed by atoms with Crippen LogP contribution in [0.4, 0.5) is 0 Å². The van der Waals surface area contributed by atoms with E-state index in [4.69, 9.17) is 5.11 Å². The van der Waals surface area contributed by atoms with Crippen LogP contribution in [0.3, 0.4) is 0 Å². The molecular formula is C14H19N3O2. The molecule has 0 amide bonds. The van der Waals surface area contributed by atoms with Crippen LogP contribution < -0.4 is 0 Å². The summed E-state index contributed by atoms with van der Waals surface area (Å²) in [6.45, 7) is 2.02. The van der Waals surface area contributed by atoms with Crippen LogP contribution in [-0.4, -0.2) is 39.6 Å². The number of hydrogen-bond donors (Lipinski definition) is 1. The van der Waals surface area contributed by atoms with Crippen LogP contribution in [0.2, 0.25) is 0 Å². The highest BCUT2D eigenvalue weighted by Crippen LogP contribution is 2.25. The molecule has 0 saturated heterocycles. The third-order valence-corrected chi connectivity index (χ3v) is 3.29. The first kappa shape index (κ1) is 13.5. The minimum absolute atomic E-state index is 0.0554. The van der Waals surface area contributed by atoms with Gasteiger partial charge < -0.3 is 9.67 Å². The molecule has 1 atom stereocenters. The summed E-state index contributed by atoms with van der Waals surface area (Å²) >= 11 is 0. The number of para-hydroxylation sites is 2. The SMILES string of the molecule is CCC(c1nc2ccccc2n1CC(=O)O)N(C)C. The molecular weight excluding hydrogens is 242 g/mol. The van der Waals surface area contributed by atoms with Gasteiger partial charge in [-0.3, -0.25) is 9.69 Å². The summed E-state index contributed by atoms with van der Waals surface area (Å²) in [7, 11) is 3.97. The maximum Gasteiger partial charge on any atom is 0.323 e. The van der Waals surface area contributed by atoms with E-state index in [1.807, 2.05) is 38.4 Å². The maximum absolute atomic E-state index is 11.1. The number of benzene rings is 1. The Hall–Kier alpha value is -1.88. The average Bonchev–Trinajstić information content (AvgIpc) is 2.68. The van der Waals surface area contributed by atoms with Crippen LogP contribution in [0.5, 0.6) is 0 Å². The lowest BCUT2D eigenvalue weighted by Gasteiger charge is -2.23. The van der Waals surface area contributed by atoms with Gasteiger partial charge in [-0.2, -0.15) is 0 Å². The van der Waals surface area contributed by atoms with E-state index in [2.05, 4.69) is 16.8 Å². The van der Waals surface area contributed by atoms with Crippen molar-refractivity contribution in [2.75, 3.05) is 14.1 Å². The maximum atomic E-state index is 11.1. The normalized spacial score (nSPS) is 13.1. The average molecular weight is 261 g/mol. The largest absolute Gasteiger partial charge is 0.480 e. The van der Waals surface area contributed by atoms with Gasteiger partial charge in [0.1, 0.15) is 12.4 Å². The highest BCUT2D eigenvalue weighted by molar-refractivity contribution is 5.78. The topological polar surface area (TPSA) is 58.4 Å². The zero-order chi connectivity index (χ0) is 14.0. The second-order valence-electron chi connectivity index (χ2n) is 4.83. The predicted octanol–water partition coefficient (Wildman–Crippen LogP) is 2.13. The molecule has 0 fully saturated rings. The number of nitrogens with zero attached hydrogens (tertiary/aromatic N) is 3. The zero-order valence-electron chi connectivity index (χ0n) is 11.5. The van der Waals surface area contributed by atoms with Gasteiger partial charge in [0, 0.05) is 0 Å². The van der Waals surface area contributed by atoms with Crippen LogP contribution in [0.25, 0.3) is 11.0 Å². The molecule has 5 nitrogen and oxygen atoms in total. The quantitative estimate of drug-likeness (QED) is 0.895. The van der Waals surface area contributed by atoms with E-state index in [1.54, 1.807) is 4.57 Å². The Morgan fingerprint density at radius 1 is 1.42 bits per heavy atom. The highest BCUT2D eigenvalue weighted by Gasteiger charge is 2.21. The number of carboxylic acids is 1. The molecule has 102 valence electrons. The fourth-order valence-corrected chi connectivity index (χ4v) is 2.43. The van der Waals surface area contributed by atoms with Gasteiger partial charge in [0.15, 0.2) is 0 Å². The Balaban J connectivity index is 2.61. The van der Waals surface area contributed by atoms with Crippen molar-refractivity contribution in [2.24, 2.45) is 0 Å². The number of aliphatic carboxylic acids is 1. The molecule has 0 bridgehead atoms. The summed E-state index contributed by atoms with van der Waals surface area (Å²) in [4.78, 5) is 17.8. The number of hydrogen-bond acceptors (Lipinski definition) is 3. The first-order valence-electron chi connectivity index (χ1n) is 6.38. The van der Waals surface area contributed by atoms with E-state index in [1.165, 1.54) is 0 Å². The fraction of sp³-hybridized carbons (Fsp3) is 0.429. The van der Waals surface area contributed by atoms with Crippen LogP contribution in [0, 0.1) is 0 Å². The molecule has 0 saturated carbocycles. The van der Waals surface area contributed by atoms with E-state index in [0.717, 1.165) is 23.3 Å². The molecule has 19 heavy (non-hydrogen) atoms. The van der Waals surface area contributed by atoms with Crippen LogP contribution in [-0.2, 0) is 11.3 Å². The molecule has 0 aliphatic carbocycles. The zero-order valence-corrected chi connectivity index (χ0v) is 11.5. The van der Waals surface area contributed by atoms with Gasteiger partial charge in [0.2, 0.25) is 0 Å². The van der Waals surface area contributed by atoms with Crippen molar-refractivity contribution in [1.29, 1.82) is 0 Å². The molecule has 2 aromatic rings. The van der Waals surface area contributed by atoms with Crippen molar-refractivity contribution in [1.82, 2.24) is 14.5 Å². The van der Waals surface area contributed by atoms with Crippen molar-refractivity contribution in [3.8, 4) is 0 Å². The number of fused-ring (bicyclic) bond motifs is 1. The second kappa shape index (κ2) is 5.40. The first-order valence-corrected chi connectivity index (χ1v) is 6.38. The third kappa shape index (κ3) is 2.61. The van der Waals surface area contributed by atoms with Gasteiger partial charge >= 0.3 is 5.97 Å². The van der Waals surface area contributed by atoms with Crippen molar-refractivity contribution < 1.29 is 9.90 Å². The minimum atomic E-state index is -0.849. The fourth-order valence-electron chi connectivity index (χ4n) is 2.43. The molecule has 1 aromatic carbocycles. The molecule has 1 heterocycles. The number of rotatable bonds is 5. The molecule has 1 N–H and O–H groups in total.